The fourth-order valence-corrected chi connectivity index (χ4v) is 3.16. The van der Waals surface area contributed by atoms with Crippen molar-refractivity contribution in [1.82, 2.24) is 15.5 Å². The van der Waals surface area contributed by atoms with Gasteiger partial charge in [-0.2, -0.15) is 0 Å². The number of hydrogen-bond donors (Lipinski definition) is 3. The van der Waals surface area contributed by atoms with Crippen LogP contribution in [-0.2, 0) is 22.6 Å². The lowest BCUT2D eigenvalue weighted by molar-refractivity contribution is -0.131. The minimum atomic E-state index is -0.875. The number of imide groups is 1. The number of halogens is 1. The number of nitrogens with zero attached hydrogens (tertiary/aromatic N) is 1. The van der Waals surface area contributed by atoms with Crippen LogP contribution in [0.2, 0.25) is 5.02 Å². The van der Waals surface area contributed by atoms with Crippen LogP contribution in [-0.4, -0.2) is 40.4 Å². The summed E-state index contributed by atoms with van der Waals surface area (Å²) in [4.78, 5) is 37.8. The molecule has 1 heterocycles. The molecule has 2 aromatic rings. The van der Waals surface area contributed by atoms with Gasteiger partial charge >= 0.3 is 6.03 Å². The zero-order valence-corrected chi connectivity index (χ0v) is 15.8. The number of phenols is 1. The average molecular weight is 402 g/mol. The van der Waals surface area contributed by atoms with Gasteiger partial charge in [0, 0.05) is 11.6 Å². The van der Waals surface area contributed by atoms with Crippen molar-refractivity contribution in [2.24, 2.45) is 0 Å². The molecule has 2 aromatic carbocycles. The van der Waals surface area contributed by atoms with Gasteiger partial charge in [-0.05, 0) is 41.8 Å². The molecule has 1 atom stereocenters. The van der Waals surface area contributed by atoms with Gasteiger partial charge in [-0.1, -0.05) is 35.9 Å². The van der Waals surface area contributed by atoms with Crippen LogP contribution in [0.3, 0.4) is 0 Å². The lowest BCUT2D eigenvalue weighted by Gasteiger charge is -2.13. The topological polar surface area (TPSA) is 98.7 Å². The highest BCUT2D eigenvalue weighted by Gasteiger charge is 2.38. The van der Waals surface area contributed by atoms with Crippen LogP contribution in [0.4, 0.5) is 4.79 Å². The Kier molecular flexibility index (Phi) is 6.16. The highest BCUT2D eigenvalue weighted by atomic mass is 35.5. The van der Waals surface area contributed by atoms with Gasteiger partial charge in [0.2, 0.25) is 5.91 Å². The lowest BCUT2D eigenvalue weighted by atomic mass is 10.1. The van der Waals surface area contributed by atoms with E-state index in [0.717, 1.165) is 16.0 Å². The number of amides is 4. The molecule has 4 amide bonds. The summed E-state index contributed by atoms with van der Waals surface area (Å²) in [7, 11) is 0. The second-order valence-electron chi connectivity index (χ2n) is 6.53. The van der Waals surface area contributed by atoms with Gasteiger partial charge in [-0.3, -0.25) is 14.5 Å². The van der Waals surface area contributed by atoms with Crippen molar-refractivity contribution in [2.45, 2.75) is 25.4 Å². The van der Waals surface area contributed by atoms with E-state index in [-0.39, 0.29) is 24.6 Å². The fraction of sp³-hybridized carbons (Fsp3) is 0.250. The number of hydrogen-bond acceptors (Lipinski definition) is 4. The maximum atomic E-state index is 12.5. The van der Waals surface area contributed by atoms with Gasteiger partial charge in [0.05, 0.1) is 13.0 Å². The summed E-state index contributed by atoms with van der Waals surface area (Å²) in [6.07, 6.45) is 0.476. The second kappa shape index (κ2) is 8.75. The predicted molar refractivity (Wildman–Crippen MR) is 104 cm³/mol. The molecule has 3 rings (SSSR count). The van der Waals surface area contributed by atoms with E-state index in [4.69, 9.17) is 11.6 Å². The molecule has 0 aliphatic carbocycles. The smallest absolute Gasteiger partial charge is 0.325 e. The van der Waals surface area contributed by atoms with Crippen LogP contribution in [0.25, 0.3) is 0 Å². The molecule has 0 aromatic heterocycles. The molecular formula is C20H20ClN3O4. The van der Waals surface area contributed by atoms with Gasteiger partial charge in [-0.15, -0.1) is 0 Å². The molecule has 0 radical (unpaired) electrons. The predicted octanol–water partition coefficient (Wildman–Crippen LogP) is 2.21. The Morgan fingerprint density at radius 1 is 1.14 bits per heavy atom. The van der Waals surface area contributed by atoms with Gasteiger partial charge in [0.15, 0.2) is 0 Å². The van der Waals surface area contributed by atoms with E-state index >= 15 is 0 Å². The SMILES string of the molecule is O=C(C[C@H]1NC(=O)N(Cc2cccc(Cl)c2)C1=O)NCCc1ccc(O)cc1. The summed E-state index contributed by atoms with van der Waals surface area (Å²) in [6, 6.07) is 12.2. The third-order valence-corrected chi connectivity index (χ3v) is 4.63. The van der Waals surface area contributed by atoms with E-state index in [1.165, 1.54) is 0 Å². The maximum Gasteiger partial charge on any atom is 0.325 e. The van der Waals surface area contributed by atoms with Crippen molar-refractivity contribution in [3.63, 3.8) is 0 Å². The summed E-state index contributed by atoms with van der Waals surface area (Å²) in [6.45, 7) is 0.495. The molecule has 7 nitrogen and oxygen atoms in total. The number of carbonyl (C=O) groups excluding carboxylic acids is 3. The van der Waals surface area contributed by atoms with E-state index < -0.39 is 18.0 Å². The van der Waals surface area contributed by atoms with Gasteiger partial charge in [0.1, 0.15) is 11.8 Å². The quantitative estimate of drug-likeness (QED) is 0.619. The Bertz CT molecular complexity index is 885. The Hall–Kier alpha value is -3.06. The van der Waals surface area contributed by atoms with E-state index in [1.807, 2.05) is 0 Å². The zero-order valence-electron chi connectivity index (χ0n) is 15.0. The van der Waals surface area contributed by atoms with Crippen LogP contribution in [0.5, 0.6) is 5.75 Å². The first-order valence-electron chi connectivity index (χ1n) is 8.83. The summed E-state index contributed by atoms with van der Waals surface area (Å²) in [5.74, 6) is -0.564. The molecule has 146 valence electrons. The summed E-state index contributed by atoms with van der Waals surface area (Å²) >= 11 is 5.93. The third kappa shape index (κ3) is 5.01. The Labute approximate surface area is 167 Å². The molecule has 0 unspecified atom stereocenters. The number of phenolic OH excluding ortho intramolecular Hbond substituents is 1. The molecule has 3 N–H and O–H groups in total. The first-order chi connectivity index (χ1) is 13.4. The van der Waals surface area contributed by atoms with Crippen molar-refractivity contribution in [3.8, 4) is 5.75 Å². The number of aromatic hydroxyl groups is 1. The molecule has 1 fully saturated rings. The standard InChI is InChI=1S/C20H20ClN3O4/c21-15-3-1-2-14(10-15)12-24-19(27)17(23-20(24)28)11-18(26)22-9-8-13-4-6-16(25)7-5-13/h1-7,10,17,25H,8-9,11-12H2,(H,22,26)(H,23,28)/t17-/m1/s1. The summed E-state index contributed by atoms with van der Waals surface area (Å²) in [5, 5.41) is 15.1. The summed E-state index contributed by atoms with van der Waals surface area (Å²) < 4.78 is 0. The third-order valence-electron chi connectivity index (χ3n) is 4.40. The van der Waals surface area contributed by atoms with Gasteiger partial charge in [-0.25, -0.2) is 4.79 Å². The molecule has 28 heavy (non-hydrogen) atoms. The van der Waals surface area contributed by atoms with E-state index in [9.17, 15) is 19.5 Å². The normalized spacial score (nSPS) is 16.2. The van der Waals surface area contributed by atoms with Crippen molar-refractivity contribution >= 4 is 29.4 Å². The molecule has 8 heteroatoms. The van der Waals surface area contributed by atoms with Gasteiger partial charge < -0.3 is 15.7 Å². The number of benzene rings is 2. The molecule has 0 bridgehead atoms. The number of carbonyl (C=O) groups is 3. The van der Waals surface area contributed by atoms with Crippen LogP contribution >= 0.6 is 11.6 Å². The average Bonchev–Trinajstić information content (AvgIpc) is 2.91. The maximum absolute atomic E-state index is 12.5. The monoisotopic (exact) mass is 401 g/mol. The molecule has 1 saturated heterocycles. The van der Waals surface area contributed by atoms with E-state index in [0.29, 0.717) is 18.0 Å². The van der Waals surface area contributed by atoms with Crippen molar-refractivity contribution in [1.29, 1.82) is 0 Å². The molecule has 1 aliphatic heterocycles. The van der Waals surface area contributed by atoms with Gasteiger partial charge in [0.25, 0.3) is 5.91 Å². The van der Waals surface area contributed by atoms with Crippen molar-refractivity contribution in [2.75, 3.05) is 6.54 Å². The molecule has 0 saturated carbocycles. The minimum absolute atomic E-state index is 0.101. The Morgan fingerprint density at radius 3 is 2.61 bits per heavy atom. The van der Waals surface area contributed by atoms with E-state index in [1.54, 1.807) is 48.5 Å². The first-order valence-corrected chi connectivity index (χ1v) is 9.21. The largest absolute Gasteiger partial charge is 0.508 e. The van der Waals surface area contributed by atoms with Crippen LogP contribution in [0.15, 0.2) is 48.5 Å². The molecular weight excluding hydrogens is 382 g/mol. The highest BCUT2D eigenvalue weighted by molar-refractivity contribution is 6.30. The number of urea groups is 1. The zero-order chi connectivity index (χ0) is 20.1. The molecule has 0 spiro atoms. The van der Waals surface area contributed by atoms with Crippen LogP contribution < -0.4 is 10.6 Å². The molecule has 1 aliphatic rings. The second-order valence-corrected chi connectivity index (χ2v) is 6.96. The minimum Gasteiger partial charge on any atom is -0.508 e. The highest BCUT2D eigenvalue weighted by Crippen LogP contribution is 2.17. The summed E-state index contributed by atoms with van der Waals surface area (Å²) in [5.41, 5.74) is 1.70. The van der Waals surface area contributed by atoms with Crippen LogP contribution in [0, 0.1) is 0 Å². The van der Waals surface area contributed by atoms with E-state index in [2.05, 4.69) is 10.6 Å². The Morgan fingerprint density at radius 2 is 1.89 bits per heavy atom. The van der Waals surface area contributed by atoms with Crippen LogP contribution in [0.1, 0.15) is 17.5 Å². The number of rotatable bonds is 7. The Balaban J connectivity index is 1.48. The van der Waals surface area contributed by atoms with Crippen molar-refractivity contribution < 1.29 is 19.5 Å². The lowest BCUT2D eigenvalue weighted by Crippen LogP contribution is -2.37. The first kappa shape index (κ1) is 19.7. The number of nitrogens with one attached hydrogen (secondary N) is 2. The van der Waals surface area contributed by atoms with Crippen molar-refractivity contribution in [3.05, 3.63) is 64.7 Å². The fourth-order valence-electron chi connectivity index (χ4n) is 2.95.